The molecule has 2 heterocycles. The Bertz CT molecular complexity index is 374. The van der Waals surface area contributed by atoms with Gasteiger partial charge >= 0.3 is 0 Å². The molecule has 1 aliphatic rings. The van der Waals surface area contributed by atoms with Crippen LogP contribution in [0.2, 0.25) is 0 Å². The fourth-order valence-electron chi connectivity index (χ4n) is 3.02. The van der Waals surface area contributed by atoms with E-state index in [0.29, 0.717) is 0 Å². The van der Waals surface area contributed by atoms with Gasteiger partial charge in [-0.05, 0) is 43.9 Å². The maximum atomic E-state index is 4.52. The van der Waals surface area contributed by atoms with Gasteiger partial charge in [0.15, 0.2) is 0 Å². The molecule has 1 aromatic heterocycles. The number of rotatable bonds is 6. The average Bonchev–Trinajstić information content (AvgIpc) is 2.71. The van der Waals surface area contributed by atoms with E-state index < -0.39 is 0 Å². The van der Waals surface area contributed by atoms with E-state index >= 15 is 0 Å². The van der Waals surface area contributed by atoms with Gasteiger partial charge in [0, 0.05) is 25.3 Å². The summed E-state index contributed by atoms with van der Waals surface area (Å²) in [5, 5.41) is 3.33. The third kappa shape index (κ3) is 4.48. The number of nitrogens with one attached hydrogen (secondary N) is 1. The first-order valence-electron chi connectivity index (χ1n) is 8.26. The molecule has 20 heavy (non-hydrogen) atoms. The van der Waals surface area contributed by atoms with Crippen LogP contribution in [0.1, 0.15) is 57.9 Å². The molecule has 1 aliphatic heterocycles. The number of anilines is 1. The number of likely N-dealkylation sites (tertiary alicyclic amines) is 1. The topological polar surface area (TPSA) is 28.2 Å². The molecule has 1 N–H and O–H groups in total. The number of hydrogen-bond donors (Lipinski definition) is 1. The summed E-state index contributed by atoms with van der Waals surface area (Å²) in [7, 11) is 0. The molecule has 0 radical (unpaired) electrons. The zero-order chi connectivity index (χ0) is 14.2. The van der Waals surface area contributed by atoms with Crippen molar-refractivity contribution in [1.82, 2.24) is 9.88 Å². The standard InChI is InChI=1S/C17H29N3/c1-3-11-18-17-10-9-15(13-19-17)14-20-12-7-5-6-8-16(20)4-2/h9-10,13,16H,3-8,11-12,14H2,1-2H3,(H,18,19). The third-order valence-electron chi connectivity index (χ3n) is 4.24. The predicted molar refractivity (Wildman–Crippen MR) is 86.0 cm³/mol. The molecular formula is C17H29N3. The first-order chi connectivity index (χ1) is 9.83. The van der Waals surface area contributed by atoms with Gasteiger partial charge in [0.05, 0.1) is 0 Å². The molecular weight excluding hydrogens is 246 g/mol. The molecule has 0 bridgehead atoms. The second-order valence-electron chi connectivity index (χ2n) is 5.86. The minimum Gasteiger partial charge on any atom is -0.370 e. The van der Waals surface area contributed by atoms with E-state index in [1.807, 2.05) is 6.20 Å². The van der Waals surface area contributed by atoms with Crippen LogP contribution >= 0.6 is 0 Å². The molecule has 112 valence electrons. The van der Waals surface area contributed by atoms with Crippen LogP contribution in [0.3, 0.4) is 0 Å². The summed E-state index contributed by atoms with van der Waals surface area (Å²) in [6.45, 7) is 7.79. The molecule has 1 atom stereocenters. The number of pyridine rings is 1. The Balaban J connectivity index is 1.93. The first kappa shape index (κ1) is 15.3. The van der Waals surface area contributed by atoms with Crippen molar-refractivity contribution in [2.24, 2.45) is 0 Å². The van der Waals surface area contributed by atoms with Crippen LogP contribution in [0, 0.1) is 0 Å². The highest BCUT2D eigenvalue weighted by Gasteiger charge is 2.19. The predicted octanol–water partition coefficient (Wildman–Crippen LogP) is 4.06. The summed E-state index contributed by atoms with van der Waals surface area (Å²) in [5.41, 5.74) is 1.34. The minimum atomic E-state index is 0.760. The Morgan fingerprint density at radius 3 is 2.85 bits per heavy atom. The summed E-state index contributed by atoms with van der Waals surface area (Å²) >= 11 is 0. The van der Waals surface area contributed by atoms with Gasteiger partial charge in [-0.15, -0.1) is 0 Å². The number of hydrogen-bond acceptors (Lipinski definition) is 3. The Kier molecular flexibility index (Phi) is 6.31. The summed E-state index contributed by atoms with van der Waals surface area (Å²) in [6, 6.07) is 5.10. The van der Waals surface area contributed by atoms with Crippen LogP contribution < -0.4 is 5.32 Å². The highest BCUT2D eigenvalue weighted by Crippen LogP contribution is 2.21. The summed E-state index contributed by atoms with van der Waals surface area (Å²) in [5.74, 6) is 0.999. The third-order valence-corrected chi connectivity index (χ3v) is 4.24. The van der Waals surface area contributed by atoms with Gasteiger partial charge in [-0.1, -0.05) is 32.8 Å². The van der Waals surface area contributed by atoms with E-state index in [1.165, 1.54) is 44.2 Å². The van der Waals surface area contributed by atoms with Gasteiger partial charge in [-0.3, -0.25) is 4.90 Å². The van der Waals surface area contributed by atoms with Crippen molar-refractivity contribution in [3.63, 3.8) is 0 Å². The highest BCUT2D eigenvalue weighted by molar-refractivity contribution is 5.35. The Morgan fingerprint density at radius 2 is 2.15 bits per heavy atom. The Hall–Kier alpha value is -1.09. The number of aromatic nitrogens is 1. The molecule has 0 aliphatic carbocycles. The van der Waals surface area contributed by atoms with Gasteiger partial charge in [0.25, 0.3) is 0 Å². The van der Waals surface area contributed by atoms with Crippen LogP contribution in [-0.2, 0) is 6.54 Å². The zero-order valence-electron chi connectivity index (χ0n) is 13.1. The van der Waals surface area contributed by atoms with Crippen LogP contribution in [-0.4, -0.2) is 29.0 Å². The molecule has 1 fully saturated rings. The van der Waals surface area contributed by atoms with Crippen LogP contribution in [0.25, 0.3) is 0 Å². The van der Waals surface area contributed by atoms with Crippen molar-refractivity contribution < 1.29 is 0 Å². The van der Waals surface area contributed by atoms with E-state index in [2.05, 4.69) is 41.2 Å². The minimum absolute atomic E-state index is 0.760. The lowest BCUT2D eigenvalue weighted by Gasteiger charge is -2.29. The monoisotopic (exact) mass is 275 g/mol. The Morgan fingerprint density at radius 1 is 1.25 bits per heavy atom. The SMILES string of the molecule is CCCNc1ccc(CN2CCCCCC2CC)cn1. The van der Waals surface area contributed by atoms with Crippen molar-refractivity contribution >= 4 is 5.82 Å². The van der Waals surface area contributed by atoms with E-state index in [4.69, 9.17) is 0 Å². The molecule has 2 rings (SSSR count). The Labute approximate surface area is 123 Å². The van der Waals surface area contributed by atoms with E-state index in [-0.39, 0.29) is 0 Å². The normalized spacial score (nSPS) is 20.6. The summed E-state index contributed by atoms with van der Waals surface area (Å²) < 4.78 is 0. The first-order valence-corrected chi connectivity index (χ1v) is 8.26. The van der Waals surface area contributed by atoms with Crippen LogP contribution in [0.15, 0.2) is 18.3 Å². The lowest BCUT2D eigenvalue weighted by atomic mass is 10.1. The molecule has 1 saturated heterocycles. The lowest BCUT2D eigenvalue weighted by Crippen LogP contribution is -2.33. The van der Waals surface area contributed by atoms with Gasteiger partial charge in [0.2, 0.25) is 0 Å². The van der Waals surface area contributed by atoms with Gasteiger partial charge in [0.1, 0.15) is 5.82 Å². The average molecular weight is 275 g/mol. The zero-order valence-corrected chi connectivity index (χ0v) is 13.1. The van der Waals surface area contributed by atoms with Gasteiger partial charge < -0.3 is 5.32 Å². The summed E-state index contributed by atoms with van der Waals surface area (Å²) in [6.07, 6.45) is 9.94. The molecule has 1 aromatic rings. The second-order valence-corrected chi connectivity index (χ2v) is 5.86. The maximum Gasteiger partial charge on any atom is 0.125 e. The molecule has 3 heteroatoms. The van der Waals surface area contributed by atoms with Crippen molar-refractivity contribution in [2.75, 3.05) is 18.4 Å². The highest BCUT2D eigenvalue weighted by atomic mass is 15.2. The molecule has 0 spiro atoms. The van der Waals surface area contributed by atoms with Crippen molar-refractivity contribution in [3.8, 4) is 0 Å². The largest absolute Gasteiger partial charge is 0.370 e. The molecule has 3 nitrogen and oxygen atoms in total. The maximum absolute atomic E-state index is 4.52. The van der Waals surface area contributed by atoms with E-state index in [9.17, 15) is 0 Å². The number of nitrogens with zero attached hydrogens (tertiary/aromatic N) is 2. The van der Waals surface area contributed by atoms with Gasteiger partial charge in [-0.25, -0.2) is 4.98 Å². The smallest absolute Gasteiger partial charge is 0.125 e. The van der Waals surface area contributed by atoms with E-state index in [0.717, 1.165) is 31.4 Å². The van der Waals surface area contributed by atoms with Crippen molar-refractivity contribution in [2.45, 2.75) is 65.0 Å². The summed E-state index contributed by atoms with van der Waals surface area (Å²) in [4.78, 5) is 7.17. The lowest BCUT2D eigenvalue weighted by molar-refractivity contribution is 0.186. The van der Waals surface area contributed by atoms with Crippen LogP contribution in [0.4, 0.5) is 5.82 Å². The quantitative estimate of drug-likeness (QED) is 0.848. The molecule has 0 amide bonds. The fourth-order valence-corrected chi connectivity index (χ4v) is 3.02. The second kappa shape index (κ2) is 8.25. The molecule has 1 unspecified atom stereocenters. The van der Waals surface area contributed by atoms with Crippen molar-refractivity contribution in [1.29, 1.82) is 0 Å². The van der Waals surface area contributed by atoms with E-state index in [1.54, 1.807) is 0 Å². The molecule has 0 aromatic carbocycles. The fraction of sp³-hybridized carbons (Fsp3) is 0.706. The van der Waals surface area contributed by atoms with Crippen molar-refractivity contribution in [3.05, 3.63) is 23.9 Å². The molecule has 0 saturated carbocycles. The van der Waals surface area contributed by atoms with Crippen LogP contribution in [0.5, 0.6) is 0 Å². The van der Waals surface area contributed by atoms with Gasteiger partial charge in [-0.2, -0.15) is 0 Å².